The van der Waals surface area contributed by atoms with E-state index in [1.54, 1.807) is 0 Å². The molecule has 0 amide bonds. The molecule has 0 aromatic rings. The first-order chi connectivity index (χ1) is 9.52. The van der Waals surface area contributed by atoms with Crippen molar-refractivity contribution in [2.45, 2.75) is 77.0 Å². The quantitative estimate of drug-likeness (QED) is 0.477. The van der Waals surface area contributed by atoms with Crippen molar-refractivity contribution in [3.05, 3.63) is 0 Å². The number of carboxylic acid groups (broad SMARTS) is 2. The largest absolute Gasteiger partial charge is 0.481 e. The lowest BCUT2D eigenvalue weighted by Gasteiger charge is -2.02. The lowest BCUT2D eigenvalue weighted by molar-refractivity contribution is -0.138. The van der Waals surface area contributed by atoms with Gasteiger partial charge in [0.1, 0.15) is 5.78 Å². The molecule has 5 nitrogen and oxygen atoms in total. The zero-order valence-corrected chi connectivity index (χ0v) is 12.1. The minimum Gasteiger partial charge on any atom is -0.481 e. The van der Waals surface area contributed by atoms with Gasteiger partial charge < -0.3 is 10.2 Å². The number of carboxylic acids is 2. The zero-order chi connectivity index (χ0) is 15.2. The molecule has 0 saturated heterocycles. The third-order valence-electron chi connectivity index (χ3n) is 3.19. The minimum atomic E-state index is -0.778. The molecule has 2 N–H and O–H groups in total. The van der Waals surface area contributed by atoms with Gasteiger partial charge >= 0.3 is 11.9 Å². The topological polar surface area (TPSA) is 91.7 Å². The molecule has 0 aromatic carbocycles. The molecule has 0 saturated carbocycles. The number of rotatable bonds is 14. The number of unbranched alkanes of at least 4 members (excludes halogenated alkanes) is 6. The zero-order valence-electron chi connectivity index (χ0n) is 12.1. The summed E-state index contributed by atoms with van der Waals surface area (Å²) in [6.07, 6.45) is 8.26. The molecule has 0 bridgehead atoms. The maximum absolute atomic E-state index is 11.5. The normalized spacial score (nSPS) is 10.4. The molecule has 20 heavy (non-hydrogen) atoms. The monoisotopic (exact) mass is 286 g/mol. The number of hydrogen-bond donors (Lipinski definition) is 2. The molecule has 0 spiro atoms. The molecule has 0 radical (unpaired) electrons. The summed E-state index contributed by atoms with van der Waals surface area (Å²) in [4.78, 5) is 32.1. The Labute approximate surface area is 120 Å². The number of Topliss-reactive ketones (excluding diaryl/α,β-unsaturated/α-hetero) is 1. The molecule has 0 atom stereocenters. The van der Waals surface area contributed by atoms with E-state index in [-0.39, 0.29) is 18.6 Å². The number of carbonyl (C=O) groups is 3. The molecule has 0 unspecified atom stereocenters. The second kappa shape index (κ2) is 12.6. The van der Waals surface area contributed by atoms with Gasteiger partial charge in [-0.25, -0.2) is 0 Å². The molecule has 0 heterocycles. The Kier molecular flexibility index (Phi) is 11.8. The average molecular weight is 286 g/mol. The fraction of sp³-hybridized carbons (Fsp3) is 0.800. The van der Waals surface area contributed by atoms with E-state index in [1.807, 2.05) is 0 Å². The molecule has 0 rings (SSSR count). The predicted molar refractivity (Wildman–Crippen MR) is 75.7 cm³/mol. The van der Waals surface area contributed by atoms with Crippen LogP contribution in [0.3, 0.4) is 0 Å². The predicted octanol–water partition coefficient (Wildman–Crippen LogP) is 3.41. The smallest absolute Gasteiger partial charge is 0.303 e. The average Bonchev–Trinajstić information content (AvgIpc) is 2.36. The van der Waals surface area contributed by atoms with Gasteiger partial charge in [-0.3, -0.25) is 14.4 Å². The first-order valence-electron chi connectivity index (χ1n) is 7.47. The highest BCUT2D eigenvalue weighted by Crippen LogP contribution is 2.10. The Hall–Kier alpha value is -1.39. The van der Waals surface area contributed by atoms with Gasteiger partial charge in [0, 0.05) is 25.7 Å². The van der Waals surface area contributed by atoms with Crippen molar-refractivity contribution in [3.8, 4) is 0 Å². The molecular formula is C15H26O5. The molecule has 116 valence electrons. The molecule has 0 fully saturated rings. The van der Waals surface area contributed by atoms with E-state index < -0.39 is 11.9 Å². The second-order valence-electron chi connectivity index (χ2n) is 5.15. The van der Waals surface area contributed by atoms with E-state index in [2.05, 4.69) is 0 Å². The van der Waals surface area contributed by atoms with Crippen molar-refractivity contribution in [2.75, 3.05) is 0 Å². The summed E-state index contributed by atoms with van der Waals surface area (Å²) in [6, 6.07) is 0. The third kappa shape index (κ3) is 14.7. The number of aliphatic carboxylic acids is 2. The summed E-state index contributed by atoms with van der Waals surface area (Å²) in [5.74, 6) is -1.27. The molecule has 5 heteroatoms. The Morgan fingerprint density at radius 1 is 0.500 bits per heavy atom. The van der Waals surface area contributed by atoms with E-state index in [0.717, 1.165) is 38.5 Å². The molecular weight excluding hydrogens is 260 g/mol. The maximum atomic E-state index is 11.5. The third-order valence-corrected chi connectivity index (χ3v) is 3.19. The van der Waals surface area contributed by atoms with Crippen molar-refractivity contribution in [1.82, 2.24) is 0 Å². The summed E-state index contributed by atoms with van der Waals surface area (Å²) >= 11 is 0. The number of ketones is 1. The van der Waals surface area contributed by atoms with Gasteiger partial charge in [0.15, 0.2) is 0 Å². The van der Waals surface area contributed by atoms with Gasteiger partial charge in [-0.2, -0.15) is 0 Å². The van der Waals surface area contributed by atoms with Crippen LogP contribution in [0.5, 0.6) is 0 Å². The van der Waals surface area contributed by atoms with Crippen LogP contribution in [0.2, 0.25) is 0 Å². The molecule has 0 aliphatic rings. The fourth-order valence-corrected chi connectivity index (χ4v) is 2.03. The highest BCUT2D eigenvalue weighted by atomic mass is 16.4. The van der Waals surface area contributed by atoms with Crippen LogP contribution in [0.1, 0.15) is 77.0 Å². The van der Waals surface area contributed by atoms with Crippen molar-refractivity contribution >= 4 is 17.7 Å². The SMILES string of the molecule is O=C(O)CCCCCCCC(=O)CCCCCC(=O)O. The summed E-state index contributed by atoms with van der Waals surface area (Å²) < 4.78 is 0. The van der Waals surface area contributed by atoms with Crippen LogP contribution in [0, 0.1) is 0 Å². The van der Waals surface area contributed by atoms with E-state index in [4.69, 9.17) is 10.2 Å². The Morgan fingerprint density at radius 3 is 1.20 bits per heavy atom. The van der Waals surface area contributed by atoms with E-state index in [9.17, 15) is 14.4 Å². The Morgan fingerprint density at radius 2 is 0.800 bits per heavy atom. The van der Waals surface area contributed by atoms with Crippen LogP contribution in [0.25, 0.3) is 0 Å². The van der Waals surface area contributed by atoms with Crippen molar-refractivity contribution in [1.29, 1.82) is 0 Å². The molecule has 0 aliphatic carbocycles. The van der Waals surface area contributed by atoms with Crippen molar-refractivity contribution < 1.29 is 24.6 Å². The van der Waals surface area contributed by atoms with E-state index in [1.165, 1.54) is 0 Å². The lowest BCUT2D eigenvalue weighted by Crippen LogP contribution is -1.99. The van der Waals surface area contributed by atoms with Crippen LogP contribution in [-0.2, 0) is 14.4 Å². The summed E-state index contributed by atoms with van der Waals surface area (Å²) in [7, 11) is 0. The highest BCUT2D eigenvalue weighted by Gasteiger charge is 2.03. The van der Waals surface area contributed by atoms with Gasteiger partial charge in [0.2, 0.25) is 0 Å². The van der Waals surface area contributed by atoms with Gasteiger partial charge in [-0.05, 0) is 25.7 Å². The minimum absolute atomic E-state index is 0.185. The summed E-state index contributed by atoms with van der Waals surface area (Å²) in [5, 5.41) is 16.9. The van der Waals surface area contributed by atoms with Crippen LogP contribution >= 0.6 is 0 Å². The Bertz CT molecular complexity index is 299. The van der Waals surface area contributed by atoms with Crippen LogP contribution in [0.4, 0.5) is 0 Å². The fourth-order valence-electron chi connectivity index (χ4n) is 2.03. The van der Waals surface area contributed by atoms with Gasteiger partial charge in [0.05, 0.1) is 0 Å². The summed E-state index contributed by atoms with van der Waals surface area (Å²) in [6.45, 7) is 0. The first kappa shape index (κ1) is 18.6. The lowest BCUT2D eigenvalue weighted by atomic mass is 10.0. The number of carbonyl (C=O) groups excluding carboxylic acids is 1. The van der Waals surface area contributed by atoms with Crippen molar-refractivity contribution in [3.63, 3.8) is 0 Å². The molecule has 0 aliphatic heterocycles. The van der Waals surface area contributed by atoms with Gasteiger partial charge in [-0.15, -0.1) is 0 Å². The van der Waals surface area contributed by atoms with Crippen molar-refractivity contribution in [2.24, 2.45) is 0 Å². The van der Waals surface area contributed by atoms with Crippen LogP contribution in [-0.4, -0.2) is 27.9 Å². The highest BCUT2D eigenvalue weighted by molar-refractivity contribution is 5.78. The van der Waals surface area contributed by atoms with Gasteiger partial charge in [-0.1, -0.05) is 25.7 Å². The first-order valence-corrected chi connectivity index (χ1v) is 7.47. The van der Waals surface area contributed by atoms with E-state index >= 15 is 0 Å². The molecule has 0 aromatic heterocycles. The second-order valence-corrected chi connectivity index (χ2v) is 5.15. The maximum Gasteiger partial charge on any atom is 0.303 e. The Balaban J connectivity index is 3.24. The van der Waals surface area contributed by atoms with Gasteiger partial charge in [0.25, 0.3) is 0 Å². The number of hydrogen-bond acceptors (Lipinski definition) is 3. The summed E-state index contributed by atoms with van der Waals surface area (Å²) in [5.41, 5.74) is 0. The van der Waals surface area contributed by atoms with Crippen LogP contribution in [0.15, 0.2) is 0 Å². The van der Waals surface area contributed by atoms with Crippen LogP contribution < -0.4 is 0 Å². The standard InChI is InChI=1S/C15H26O5/c16-13(10-6-4-8-12-15(19)20)9-5-2-1-3-7-11-14(17)18/h1-12H2,(H,17,18)(H,19,20). The van der Waals surface area contributed by atoms with E-state index in [0.29, 0.717) is 25.7 Å².